The van der Waals surface area contributed by atoms with Crippen LogP contribution in [0.3, 0.4) is 0 Å². The normalized spacial score (nSPS) is 9.83. The van der Waals surface area contributed by atoms with Crippen molar-refractivity contribution in [3.63, 3.8) is 0 Å². The van der Waals surface area contributed by atoms with Crippen LogP contribution in [0.1, 0.15) is 76.3 Å². The van der Waals surface area contributed by atoms with Crippen LogP contribution in [0.15, 0.2) is 48.5 Å². The molecule has 1 heteroatoms. The van der Waals surface area contributed by atoms with Crippen LogP contribution in [0.4, 0.5) is 0 Å². The van der Waals surface area contributed by atoms with Gasteiger partial charge >= 0.3 is 0 Å². The topological polar surface area (TPSA) is 0 Å². The fraction of sp³-hybridized carbons (Fsp3) is 0.545. The quantitative estimate of drug-likeness (QED) is 0.243. The summed E-state index contributed by atoms with van der Waals surface area (Å²) in [7, 11) is 0. The van der Waals surface area contributed by atoms with Crippen molar-refractivity contribution in [1.29, 1.82) is 0 Å². The summed E-state index contributed by atoms with van der Waals surface area (Å²) in [5, 5.41) is 0. The Morgan fingerprint density at radius 3 is 1.74 bits per heavy atom. The van der Waals surface area contributed by atoms with Crippen molar-refractivity contribution < 1.29 is 17.1 Å². The van der Waals surface area contributed by atoms with Crippen molar-refractivity contribution in [3.8, 4) is 0 Å². The first-order chi connectivity index (χ1) is 10.9. The molecule has 2 aromatic carbocycles. The Hall–Kier alpha value is -0.781. The van der Waals surface area contributed by atoms with Gasteiger partial charge in [0.15, 0.2) is 0 Å². The van der Waals surface area contributed by atoms with Crippen LogP contribution in [0.25, 0.3) is 0 Å². The van der Waals surface area contributed by atoms with E-state index in [1.807, 2.05) is 0 Å². The Labute approximate surface area is 154 Å². The molecule has 0 heterocycles. The van der Waals surface area contributed by atoms with Crippen molar-refractivity contribution in [2.75, 3.05) is 0 Å². The van der Waals surface area contributed by atoms with E-state index in [-0.39, 0.29) is 17.1 Å². The van der Waals surface area contributed by atoms with E-state index in [0.717, 1.165) is 0 Å². The fourth-order valence-corrected chi connectivity index (χ4v) is 2.67. The predicted octanol–water partition coefficient (Wildman–Crippen LogP) is 7.05. The molecule has 0 saturated heterocycles. The van der Waals surface area contributed by atoms with Gasteiger partial charge in [0.2, 0.25) is 0 Å². The van der Waals surface area contributed by atoms with E-state index in [0.29, 0.717) is 0 Å². The first-order valence-electron chi connectivity index (χ1n) is 9.28. The van der Waals surface area contributed by atoms with Crippen LogP contribution >= 0.6 is 0 Å². The van der Waals surface area contributed by atoms with Gasteiger partial charge in [-0.25, -0.2) is 18.6 Å². The number of hydrogen-bond acceptors (Lipinski definition) is 0. The molecule has 2 rings (SSSR count). The Morgan fingerprint density at radius 2 is 1.22 bits per heavy atom. The second-order valence-electron chi connectivity index (χ2n) is 6.21. The van der Waals surface area contributed by atoms with Crippen LogP contribution in [0.2, 0.25) is 0 Å². The molecule has 0 radical (unpaired) electrons. The SMILES string of the molecule is CCCCCC[c-]1[cH-][cH-][cH-][cH-]1.CCCCCC[c-]1cccc1.[Fe]. The van der Waals surface area contributed by atoms with Crippen LogP contribution < -0.4 is 0 Å². The van der Waals surface area contributed by atoms with Crippen molar-refractivity contribution in [2.45, 2.75) is 78.1 Å². The fourth-order valence-electron chi connectivity index (χ4n) is 2.67. The zero-order chi connectivity index (χ0) is 15.9. The van der Waals surface area contributed by atoms with Gasteiger partial charge < -0.3 is 29.8 Å². The van der Waals surface area contributed by atoms with Gasteiger partial charge in [-0.05, 0) is 0 Å². The van der Waals surface area contributed by atoms with E-state index in [4.69, 9.17) is 0 Å². The number of rotatable bonds is 10. The minimum Gasteiger partial charge on any atom is -0.748 e. The van der Waals surface area contributed by atoms with Gasteiger partial charge in [0.25, 0.3) is 0 Å². The first kappa shape index (κ1) is 22.2. The smallest absolute Gasteiger partial charge is 0 e. The molecule has 0 spiro atoms. The average Bonchev–Trinajstić information content (AvgIpc) is 3.22. The van der Waals surface area contributed by atoms with Crippen molar-refractivity contribution in [2.24, 2.45) is 0 Å². The molecule has 0 bridgehead atoms. The summed E-state index contributed by atoms with van der Waals surface area (Å²) in [6.45, 7) is 4.50. The molecule has 0 aliphatic heterocycles. The standard InChI is InChI=1S/2C11H17.Fe/c2*1-2-3-4-5-8-11-9-6-7-10-11;/h2*6-7,9-10H,2-5,8H2,1H3;/q-5;-1;. The Kier molecular flexibility index (Phi) is 15.5. The Bertz CT molecular complexity index is 369. The van der Waals surface area contributed by atoms with Crippen molar-refractivity contribution >= 4 is 0 Å². The summed E-state index contributed by atoms with van der Waals surface area (Å²) in [5.41, 5.74) is 3.00. The number of unbranched alkanes of at least 4 members (excludes halogenated alkanes) is 6. The van der Waals surface area contributed by atoms with Gasteiger partial charge in [-0.2, -0.15) is 17.7 Å². The van der Waals surface area contributed by atoms with E-state index < -0.39 is 0 Å². The van der Waals surface area contributed by atoms with E-state index in [2.05, 4.69) is 62.4 Å². The van der Waals surface area contributed by atoms with E-state index in [9.17, 15) is 0 Å². The monoisotopic (exact) mass is 354 g/mol. The minimum absolute atomic E-state index is 0. The van der Waals surface area contributed by atoms with Gasteiger partial charge in [0.05, 0.1) is 0 Å². The third kappa shape index (κ3) is 12.3. The number of hydrogen-bond donors (Lipinski definition) is 0. The van der Waals surface area contributed by atoms with E-state index in [1.54, 1.807) is 0 Å². The molecular weight excluding hydrogens is 320 g/mol. The molecule has 0 N–H and O–H groups in total. The maximum absolute atomic E-state index is 2.25. The third-order valence-electron chi connectivity index (χ3n) is 4.10. The summed E-state index contributed by atoms with van der Waals surface area (Å²) in [5.74, 6) is 0. The van der Waals surface area contributed by atoms with Crippen molar-refractivity contribution in [1.82, 2.24) is 0 Å². The molecule has 0 aliphatic carbocycles. The molecule has 2 aromatic rings. The maximum atomic E-state index is 2.25. The second-order valence-corrected chi connectivity index (χ2v) is 6.21. The molecule has 0 aliphatic rings. The molecule has 23 heavy (non-hydrogen) atoms. The minimum atomic E-state index is 0. The number of aryl methyl sites for hydroxylation is 2. The van der Waals surface area contributed by atoms with E-state index in [1.165, 1.54) is 75.3 Å². The molecule has 0 amide bonds. The second kappa shape index (κ2) is 16.1. The summed E-state index contributed by atoms with van der Waals surface area (Å²) >= 11 is 0. The van der Waals surface area contributed by atoms with Gasteiger partial charge in [0.1, 0.15) is 0 Å². The summed E-state index contributed by atoms with van der Waals surface area (Å²) in [6, 6.07) is 17.3. The molecule has 0 fully saturated rings. The van der Waals surface area contributed by atoms with Crippen LogP contribution in [0.5, 0.6) is 0 Å². The predicted molar refractivity (Wildman–Crippen MR) is 99.8 cm³/mol. The van der Waals surface area contributed by atoms with Crippen LogP contribution in [0, 0.1) is 0 Å². The largest absolute Gasteiger partial charge is 0.748 e. The molecular formula is C22H34Fe-6. The van der Waals surface area contributed by atoms with Gasteiger partial charge in [-0.1, -0.05) is 71.6 Å². The molecule has 0 saturated carbocycles. The van der Waals surface area contributed by atoms with Gasteiger partial charge in [-0.15, -0.1) is 0 Å². The zero-order valence-corrected chi connectivity index (χ0v) is 16.1. The molecule has 0 atom stereocenters. The molecule has 0 nitrogen and oxygen atoms in total. The molecule has 0 aromatic heterocycles. The van der Waals surface area contributed by atoms with Crippen molar-refractivity contribution in [3.05, 3.63) is 59.7 Å². The Balaban J connectivity index is 0.000000403. The van der Waals surface area contributed by atoms with Gasteiger partial charge in [0, 0.05) is 17.1 Å². The third-order valence-corrected chi connectivity index (χ3v) is 4.10. The Morgan fingerprint density at radius 1 is 0.696 bits per heavy atom. The summed E-state index contributed by atoms with van der Waals surface area (Å²) in [4.78, 5) is 0. The van der Waals surface area contributed by atoms with Gasteiger partial charge in [-0.3, -0.25) is 0 Å². The van der Waals surface area contributed by atoms with Crippen LogP contribution in [-0.2, 0) is 29.9 Å². The molecule has 0 unspecified atom stereocenters. The summed E-state index contributed by atoms with van der Waals surface area (Å²) < 4.78 is 0. The zero-order valence-electron chi connectivity index (χ0n) is 15.0. The molecule has 136 valence electrons. The summed E-state index contributed by atoms with van der Waals surface area (Å²) in [6.07, 6.45) is 13.5. The maximum Gasteiger partial charge on any atom is 0 e. The van der Waals surface area contributed by atoms with E-state index >= 15 is 0 Å². The average molecular weight is 354 g/mol. The first-order valence-corrected chi connectivity index (χ1v) is 9.28. The van der Waals surface area contributed by atoms with Crippen LogP contribution in [-0.4, -0.2) is 0 Å².